The highest BCUT2D eigenvalue weighted by molar-refractivity contribution is 7.99. The Hall–Kier alpha value is -5.13. The normalized spacial score (nSPS) is 15.6. The van der Waals surface area contributed by atoms with Crippen LogP contribution in [-0.4, -0.2) is 11.3 Å². The summed E-state index contributed by atoms with van der Waals surface area (Å²) in [6.45, 7) is 4.82. The van der Waals surface area contributed by atoms with Crippen LogP contribution in [0.1, 0.15) is 25.0 Å². The van der Waals surface area contributed by atoms with Crippen molar-refractivity contribution in [3.63, 3.8) is 0 Å². The summed E-state index contributed by atoms with van der Waals surface area (Å²) in [5, 5.41) is 3.66. The molecule has 3 aliphatic heterocycles. The second-order valence-electron chi connectivity index (χ2n) is 13.6. The average Bonchev–Trinajstić information content (AvgIpc) is 3.70. The molecule has 1 aliphatic carbocycles. The van der Waals surface area contributed by atoms with Gasteiger partial charge in [-0.25, -0.2) is 0 Å². The Morgan fingerprint density at radius 3 is 2.41 bits per heavy atom. The summed E-state index contributed by atoms with van der Waals surface area (Å²) in [7, 11) is 0. The van der Waals surface area contributed by atoms with Crippen LogP contribution < -0.4 is 15.8 Å². The zero-order valence-corrected chi connectivity index (χ0v) is 26.1. The van der Waals surface area contributed by atoms with Crippen LogP contribution in [0.3, 0.4) is 0 Å². The van der Waals surface area contributed by atoms with E-state index in [4.69, 9.17) is 4.42 Å². The molecule has 0 atom stereocenters. The lowest BCUT2D eigenvalue weighted by Gasteiger charge is -2.44. The van der Waals surface area contributed by atoms with Crippen molar-refractivity contribution >= 4 is 79.6 Å². The number of nitrogens with zero attached hydrogens (tertiary/aromatic N) is 2. The van der Waals surface area contributed by atoms with Gasteiger partial charge in [0.15, 0.2) is 5.71 Å². The van der Waals surface area contributed by atoms with Gasteiger partial charge >= 0.3 is 6.85 Å². The van der Waals surface area contributed by atoms with Gasteiger partial charge in [0.1, 0.15) is 5.58 Å². The lowest BCUT2D eigenvalue weighted by atomic mass is 9.44. The largest absolute Gasteiger partial charge is 0.441 e. The van der Waals surface area contributed by atoms with Crippen LogP contribution in [0.4, 0.5) is 17.1 Å². The van der Waals surface area contributed by atoms with E-state index in [1.807, 2.05) is 11.8 Å². The highest BCUT2D eigenvalue weighted by atomic mass is 32.2. The Morgan fingerprint density at radius 2 is 1.46 bits per heavy atom. The third-order valence-electron chi connectivity index (χ3n) is 11.1. The zero-order valence-electron chi connectivity index (χ0n) is 25.3. The molecule has 0 spiro atoms. The summed E-state index contributed by atoms with van der Waals surface area (Å²) in [4.78, 5) is 5.16. The molecule has 3 nitrogen and oxygen atoms in total. The molecule has 12 rings (SSSR count). The van der Waals surface area contributed by atoms with Gasteiger partial charge in [-0.05, 0) is 69.1 Å². The van der Waals surface area contributed by atoms with Gasteiger partial charge in [0.25, 0.3) is 0 Å². The van der Waals surface area contributed by atoms with E-state index in [0.29, 0.717) is 0 Å². The molecule has 0 amide bonds. The minimum Gasteiger partial charge on any atom is -0.441 e. The van der Waals surface area contributed by atoms with Crippen molar-refractivity contribution in [3.8, 4) is 22.3 Å². The molecule has 0 saturated heterocycles. The highest BCUT2D eigenvalue weighted by Gasteiger charge is 2.49. The highest BCUT2D eigenvalue weighted by Crippen LogP contribution is 2.59. The van der Waals surface area contributed by atoms with Crippen LogP contribution in [0.15, 0.2) is 129 Å². The monoisotopic (exact) mass is 604 g/mol. The number of para-hydroxylation sites is 4. The molecule has 0 fully saturated rings. The standard InChI is InChI=1S/C41H25BN2OS/c1-41(2)27-15-5-3-11-22(27)26-21-30-37-35(36(26)41)25-14-9-13-24-34-23-12-4-7-18-31(23)45-40(34)44(38(24)25)42(37)28-16-10-20-33-39(28)43(30)29-17-6-8-19-32(29)46-33/h3-21H,1-2H3. The Morgan fingerprint density at radius 1 is 0.696 bits per heavy atom. The van der Waals surface area contributed by atoms with Gasteiger partial charge in [0.2, 0.25) is 0 Å². The van der Waals surface area contributed by atoms with Crippen molar-refractivity contribution in [2.75, 3.05) is 4.90 Å². The third kappa shape index (κ3) is 2.55. The molecule has 214 valence electrons. The Kier molecular flexibility index (Phi) is 4.10. The fourth-order valence-electron chi connectivity index (χ4n) is 9.42. The first-order valence-corrected chi connectivity index (χ1v) is 16.9. The number of hydrogen-bond acceptors (Lipinski definition) is 3. The van der Waals surface area contributed by atoms with E-state index in [1.165, 1.54) is 92.8 Å². The Labute approximate surface area is 270 Å². The molecule has 0 radical (unpaired) electrons. The molecule has 6 aromatic carbocycles. The molecule has 0 saturated carbocycles. The van der Waals surface area contributed by atoms with E-state index in [9.17, 15) is 0 Å². The lowest BCUT2D eigenvalue weighted by Crippen LogP contribution is -2.57. The van der Waals surface area contributed by atoms with Crippen LogP contribution >= 0.6 is 11.8 Å². The maximum atomic E-state index is 6.86. The van der Waals surface area contributed by atoms with Crippen molar-refractivity contribution in [2.24, 2.45) is 0 Å². The SMILES string of the molecule is CC1(C)c2ccccc2-c2cc3c4c(c21)-c1cccc2c5c6ccccc6oc5n(c12)B4c1cccc2c1N3c1ccccc1S2. The summed E-state index contributed by atoms with van der Waals surface area (Å²) >= 11 is 1.89. The van der Waals surface area contributed by atoms with E-state index in [0.717, 1.165) is 11.3 Å². The first-order chi connectivity index (χ1) is 22.6. The third-order valence-corrected chi connectivity index (χ3v) is 12.2. The lowest BCUT2D eigenvalue weighted by molar-refractivity contribution is 0.650. The summed E-state index contributed by atoms with van der Waals surface area (Å²) in [5.41, 5.74) is 17.8. The molecule has 4 aliphatic rings. The first kappa shape index (κ1) is 24.2. The molecule has 2 aromatic heterocycles. The van der Waals surface area contributed by atoms with Gasteiger partial charge in [0, 0.05) is 42.7 Å². The van der Waals surface area contributed by atoms with Gasteiger partial charge in [-0.1, -0.05) is 111 Å². The van der Waals surface area contributed by atoms with Crippen LogP contribution in [0.2, 0.25) is 0 Å². The van der Waals surface area contributed by atoms with Gasteiger partial charge in [-0.2, -0.15) is 0 Å². The van der Waals surface area contributed by atoms with Gasteiger partial charge in [-0.3, -0.25) is 0 Å². The van der Waals surface area contributed by atoms with Crippen molar-refractivity contribution in [1.29, 1.82) is 0 Å². The quantitative estimate of drug-likeness (QED) is 0.161. The summed E-state index contributed by atoms with van der Waals surface area (Å²) < 4.78 is 9.40. The van der Waals surface area contributed by atoms with Crippen molar-refractivity contribution in [3.05, 3.63) is 126 Å². The van der Waals surface area contributed by atoms with E-state index >= 15 is 0 Å². The topological polar surface area (TPSA) is 21.3 Å². The second-order valence-corrected chi connectivity index (χ2v) is 14.7. The zero-order chi connectivity index (χ0) is 30.1. The molecule has 5 heterocycles. The predicted molar refractivity (Wildman–Crippen MR) is 191 cm³/mol. The molecule has 5 heteroatoms. The fourth-order valence-corrected chi connectivity index (χ4v) is 10.5. The number of furan rings is 1. The number of rotatable bonds is 0. The van der Waals surface area contributed by atoms with Crippen LogP contribution in [0.25, 0.3) is 55.2 Å². The predicted octanol–water partition coefficient (Wildman–Crippen LogP) is 9.73. The number of aromatic nitrogens is 1. The van der Waals surface area contributed by atoms with E-state index in [2.05, 4.69) is 138 Å². The first-order valence-electron chi connectivity index (χ1n) is 16.1. The summed E-state index contributed by atoms with van der Waals surface area (Å²) in [6, 6.07) is 42.8. The molecule has 0 unspecified atom stereocenters. The van der Waals surface area contributed by atoms with Crippen LogP contribution in [0, 0.1) is 0 Å². The van der Waals surface area contributed by atoms with Crippen molar-refractivity contribution < 1.29 is 4.42 Å². The van der Waals surface area contributed by atoms with Crippen LogP contribution in [-0.2, 0) is 5.41 Å². The van der Waals surface area contributed by atoms with Crippen LogP contribution in [0.5, 0.6) is 0 Å². The van der Waals surface area contributed by atoms with E-state index < -0.39 is 0 Å². The fraction of sp³-hybridized carbons (Fsp3) is 0.0732. The maximum Gasteiger partial charge on any atom is 0.336 e. The van der Waals surface area contributed by atoms with E-state index in [1.54, 1.807) is 0 Å². The molecule has 0 N–H and O–H groups in total. The molecule has 8 aromatic rings. The van der Waals surface area contributed by atoms with Gasteiger partial charge < -0.3 is 13.8 Å². The minimum absolute atomic E-state index is 0.0256. The molecular formula is C41H25BN2OS. The average molecular weight is 605 g/mol. The summed E-state index contributed by atoms with van der Waals surface area (Å²) in [5.74, 6) is 0. The molecule has 46 heavy (non-hydrogen) atoms. The number of benzene rings is 6. The molecular weight excluding hydrogens is 579 g/mol. The molecule has 0 bridgehead atoms. The Balaban J connectivity index is 1.34. The number of hydrogen-bond donors (Lipinski definition) is 0. The van der Waals surface area contributed by atoms with Gasteiger partial charge in [-0.15, -0.1) is 0 Å². The minimum atomic E-state index is -0.151. The summed E-state index contributed by atoms with van der Waals surface area (Å²) in [6.07, 6.45) is 0. The number of fused-ring (bicyclic) bond motifs is 15. The Bertz CT molecular complexity index is 2730. The van der Waals surface area contributed by atoms with E-state index in [-0.39, 0.29) is 12.3 Å². The maximum absolute atomic E-state index is 6.86. The van der Waals surface area contributed by atoms with Gasteiger partial charge in [0.05, 0.1) is 16.8 Å². The number of anilines is 3. The second kappa shape index (κ2) is 7.80. The van der Waals surface area contributed by atoms with Crippen molar-refractivity contribution in [1.82, 2.24) is 4.48 Å². The van der Waals surface area contributed by atoms with Crippen molar-refractivity contribution in [2.45, 2.75) is 29.1 Å². The smallest absolute Gasteiger partial charge is 0.336 e.